The Labute approximate surface area is 128 Å². The number of nitrogens with zero attached hydrogens (tertiary/aromatic N) is 2. The minimum absolute atomic E-state index is 0.333. The van der Waals surface area contributed by atoms with Crippen molar-refractivity contribution in [2.45, 2.75) is 19.9 Å². The van der Waals surface area contributed by atoms with Crippen molar-refractivity contribution in [3.8, 4) is 11.8 Å². The van der Waals surface area contributed by atoms with Crippen LogP contribution in [0.5, 0.6) is 0 Å². The average molecular weight is 305 g/mol. The van der Waals surface area contributed by atoms with Crippen LogP contribution >= 0.6 is 11.3 Å². The monoisotopic (exact) mass is 305 g/mol. The summed E-state index contributed by atoms with van der Waals surface area (Å²) in [5.41, 5.74) is 5.34. The van der Waals surface area contributed by atoms with Gasteiger partial charge in [-0.1, -0.05) is 18.8 Å². The molecule has 0 atom stereocenters. The van der Waals surface area contributed by atoms with E-state index >= 15 is 0 Å². The standard InChI is InChI=1S/C15H19N3O2S/c1-2-8-17-9-10-18(15(20)14(17)19)11-13-6-5-12(21-13)4-3-7-16/h5-6H,2,7-11,16H2,1H3. The lowest BCUT2D eigenvalue weighted by Gasteiger charge is -2.33. The summed E-state index contributed by atoms with van der Waals surface area (Å²) in [6, 6.07) is 3.86. The number of amides is 2. The maximum Gasteiger partial charge on any atom is 0.312 e. The van der Waals surface area contributed by atoms with Crippen molar-refractivity contribution >= 4 is 23.2 Å². The molecular weight excluding hydrogens is 286 g/mol. The normalized spacial score (nSPS) is 15.1. The summed E-state index contributed by atoms with van der Waals surface area (Å²) < 4.78 is 0. The van der Waals surface area contributed by atoms with Gasteiger partial charge < -0.3 is 15.5 Å². The third-order valence-corrected chi connectivity index (χ3v) is 4.20. The molecule has 1 aliphatic rings. The van der Waals surface area contributed by atoms with E-state index in [-0.39, 0.29) is 5.91 Å². The summed E-state index contributed by atoms with van der Waals surface area (Å²) in [4.78, 5) is 29.3. The molecule has 2 N–H and O–H groups in total. The molecule has 2 heterocycles. The summed E-state index contributed by atoms with van der Waals surface area (Å²) in [6.45, 7) is 4.66. The van der Waals surface area contributed by atoms with E-state index in [1.54, 1.807) is 9.80 Å². The molecule has 0 saturated carbocycles. The lowest BCUT2D eigenvalue weighted by Crippen LogP contribution is -2.53. The highest BCUT2D eigenvalue weighted by Gasteiger charge is 2.31. The van der Waals surface area contributed by atoms with Gasteiger partial charge in [-0.15, -0.1) is 11.3 Å². The quantitative estimate of drug-likeness (QED) is 0.656. The molecule has 6 heteroatoms. The number of hydrogen-bond donors (Lipinski definition) is 1. The molecule has 1 saturated heterocycles. The zero-order valence-corrected chi connectivity index (χ0v) is 12.9. The number of rotatable bonds is 4. The molecule has 0 aromatic carbocycles. The summed E-state index contributed by atoms with van der Waals surface area (Å²) in [5.74, 6) is 4.98. The van der Waals surface area contributed by atoms with Crippen molar-refractivity contribution in [1.82, 2.24) is 9.80 Å². The van der Waals surface area contributed by atoms with E-state index in [1.807, 2.05) is 19.1 Å². The zero-order valence-electron chi connectivity index (χ0n) is 12.1. The Bertz CT molecular complexity index is 585. The molecule has 5 nitrogen and oxygen atoms in total. The van der Waals surface area contributed by atoms with E-state index in [2.05, 4.69) is 11.8 Å². The first-order chi connectivity index (χ1) is 10.2. The highest BCUT2D eigenvalue weighted by Crippen LogP contribution is 2.19. The Morgan fingerprint density at radius 3 is 2.67 bits per heavy atom. The highest BCUT2D eigenvalue weighted by molar-refractivity contribution is 7.12. The molecule has 2 amide bonds. The summed E-state index contributed by atoms with van der Waals surface area (Å²) in [5, 5.41) is 0. The van der Waals surface area contributed by atoms with E-state index in [0.717, 1.165) is 16.2 Å². The van der Waals surface area contributed by atoms with Crippen molar-refractivity contribution in [1.29, 1.82) is 0 Å². The second kappa shape index (κ2) is 7.25. The Hall–Kier alpha value is -1.84. The third-order valence-electron chi connectivity index (χ3n) is 3.21. The summed E-state index contributed by atoms with van der Waals surface area (Å²) >= 11 is 1.53. The first-order valence-electron chi connectivity index (χ1n) is 7.01. The van der Waals surface area contributed by atoms with Gasteiger partial charge in [0.05, 0.1) is 18.0 Å². The molecule has 21 heavy (non-hydrogen) atoms. The van der Waals surface area contributed by atoms with Crippen molar-refractivity contribution in [2.24, 2.45) is 5.73 Å². The van der Waals surface area contributed by atoms with Gasteiger partial charge in [-0.2, -0.15) is 0 Å². The van der Waals surface area contributed by atoms with Crippen LogP contribution in [-0.4, -0.2) is 47.8 Å². The van der Waals surface area contributed by atoms with Gasteiger partial charge in [0.25, 0.3) is 0 Å². The first kappa shape index (κ1) is 15.5. The second-order valence-corrected chi connectivity index (χ2v) is 5.96. The van der Waals surface area contributed by atoms with Crippen LogP contribution in [0.1, 0.15) is 23.1 Å². The molecule has 0 aliphatic carbocycles. The van der Waals surface area contributed by atoms with Gasteiger partial charge in [-0.05, 0) is 18.6 Å². The van der Waals surface area contributed by atoms with Crippen LogP contribution in [0, 0.1) is 11.8 Å². The third kappa shape index (κ3) is 3.84. The number of carbonyl (C=O) groups excluding carboxylic acids is 2. The number of nitrogens with two attached hydrogens (primary N) is 1. The Morgan fingerprint density at radius 2 is 1.95 bits per heavy atom. The van der Waals surface area contributed by atoms with Gasteiger partial charge in [-0.25, -0.2) is 0 Å². The molecular formula is C15H19N3O2S. The molecule has 1 aromatic rings. The molecule has 0 bridgehead atoms. The van der Waals surface area contributed by atoms with E-state index in [1.165, 1.54) is 11.3 Å². The largest absolute Gasteiger partial charge is 0.333 e. The zero-order chi connectivity index (χ0) is 15.2. The van der Waals surface area contributed by atoms with E-state index in [9.17, 15) is 9.59 Å². The lowest BCUT2D eigenvalue weighted by molar-refractivity contribution is -0.156. The smallest absolute Gasteiger partial charge is 0.312 e. The molecule has 0 unspecified atom stereocenters. The molecule has 1 aromatic heterocycles. The fourth-order valence-electron chi connectivity index (χ4n) is 2.21. The predicted molar refractivity (Wildman–Crippen MR) is 82.5 cm³/mol. The van der Waals surface area contributed by atoms with Crippen LogP contribution in [0.2, 0.25) is 0 Å². The number of carbonyl (C=O) groups is 2. The van der Waals surface area contributed by atoms with Gasteiger partial charge in [0.1, 0.15) is 0 Å². The fraction of sp³-hybridized carbons (Fsp3) is 0.467. The number of thiophene rings is 1. The Balaban J connectivity index is 1.99. The van der Waals surface area contributed by atoms with Gasteiger partial charge >= 0.3 is 11.8 Å². The SMILES string of the molecule is CCCN1CCN(Cc2ccc(C#CCN)s2)C(=O)C1=O. The Kier molecular flexibility index (Phi) is 5.37. The van der Waals surface area contributed by atoms with Crippen LogP contribution in [0.15, 0.2) is 12.1 Å². The van der Waals surface area contributed by atoms with Crippen LogP contribution < -0.4 is 5.73 Å². The maximum absolute atomic E-state index is 12.1. The number of piperazine rings is 1. The van der Waals surface area contributed by atoms with Crippen molar-refractivity contribution in [3.05, 3.63) is 21.9 Å². The highest BCUT2D eigenvalue weighted by atomic mass is 32.1. The van der Waals surface area contributed by atoms with Crippen LogP contribution in [0.4, 0.5) is 0 Å². The number of hydrogen-bond acceptors (Lipinski definition) is 4. The van der Waals surface area contributed by atoms with Crippen LogP contribution in [0.3, 0.4) is 0 Å². The average Bonchev–Trinajstić information content (AvgIpc) is 2.92. The fourth-order valence-corrected chi connectivity index (χ4v) is 3.10. The minimum atomic E-state index is -0.405. The molecule has 112 valence electrons. The summed E-state index contributed by atoms with van der Waals surface area (Å²) in [7, 11) is 0. The minimum Gasteiger partial charge on any atom is -0.333 e. The predicted octanol–water partition coefficient (Wildman–Crippen LogP) is 0.639. The van der Waals surface area contributed by atoms with Gasteiger partial charge in [0.2, 0.25) is 0 Å². The first-order valence-corrected chi connectivity index (χ1v) is 7.83. The van der Waals surface area contributed by atoms with Crippen molar-refractivity contribution < 1.29 is 9.59 Å². The molecule has 2 rings (SSSR count). The van der Waals surface area contributed by atoms with Crippen LogP contribution in [0.25, 0.3) is 0 Å². The molecule has 1 aliphatic heterocycles. The maximum atomic E-state index is 12.1. The molecule has 0 radical (unpaired) electrons. The second-order valence-electron chi connectivity index (χ2n) is 4.79. The summed E-state index contributed by atoms with van der Waals surface area (Å²) in [6.07, 6.45) is 0.868. The van der Waals surface area contributed by atoms with E-state index in [4.69, 9.17) is 5.73 Å². The van der Waals surface area contributed by atoms with E-state index in [0.29, 0.717) is 32.7 Å². The van der Waals surface area contributed by atoms with E-state index < -0.39 is 5.91 Å². The lowest BCUT2D eigenvalue weighted by atomic mass is 10.2. The van der Waals surface area contributed by atoms with Crippen LogP contribution in [-0.2, 0) is 16.1 Å². The van der Waals surface area contributed by atoms with Gasteiger partial charge in [0.15, 0.2) is 0 Å². The van der Waals surface area contributed by atoms with Crippen molar-refractivity contribution in [3.63, 3.8) is 0 Å². The van der Waals surface area contributed by atoms with Crippen molar-refractivity contribution in [2.75, 3.05) is 26.2 Å². The molecule has 0 spiro atoms. The van der Waals surface area contributed by atoms with Gasteiger partial charge in [-0.3, -0.25) is 9.59 Å². The van der Waals surface area contributed by atoms with Gasteiger partial charge in [0, 0.05) is 24.5 Å². The Morgan fingerprint density at radius 1 is 1.24 bits per heavy atom. The molecule has 1 fully saturated rings. The topological polar surface area (TPSA) is 66.6 Å².